The minimum absolute atomic E-state index is 0.163. The van der Waals surface area contributed by atoms with Crippen LogP contribution < -0.4 is 0 Å². The van der Waals surface area contributed by atoms with Crippen LogP contribution in [0.1, 0.15) is 6.42 Å². The van der Waals surface area contributed by atoms with Gasteiger partial charge in [-0.2, -0.15) is 0 Å². The van der Waals surface area contributed by atoms with Crippen LogP contribution in [0.15, 0.2) is 17.3 Å². The Balaban J connectivity index is 1.93. The van der Waals surface area contributed by atoms with Crippen LogP contribution in [0.2, 0.25) is 0 Å². The van der Waals surface area contributed by atoms with E-state index in [1.807, 2.05) is 17.3 Å². The van der Waals surface area contributed by atoms with Crippen molar-refractivity contribution in [1.29, 1.82) is 0 Å². The third kappa shape index (κ3) is 1.49. The number of hydrazine groups is 1. The first-order valence-electron chi connectivity index (χ1n) is 4.22. The predicted molar refractivity (Wildman–Crippen MR) is 46.5 cm³/mol. The third-order valence-electron chi connectivity index (χ3n) is 2.18. The number of β-amino-alcohol motifs (C(OH)–C–C–N with tert-alkyl or cyclic N) is 1. The number of hydrogen-bond donors (Lipinski definition) is 1. The van der Waals surface area contributed by atoms with Crippen LogP contribution in [0.25, 0.3) is 0 Å². The Hall–Kier alpha value is -0.870. The molecule has 1 fully saturated rings. The lowest BCUT2D eigenvalue weighted by Crippen LogP contribution is -2.38. The Morgan fingerprint density at radius 1 is 1.50 bits per heavy atom. The van der Waals surface area contributed by atoms with Gasteiger partial charge in [-0.1, -0.05) is 0 Å². The zero-order chi connectivity index (χ0) is 8.39. The Morgan fingerprint density at radius 2 is 2.42 bits per heavy atom. The average Bonchev–Trinajstić information content (AvgIpc) is 2.54. The van der Waals surface area contributed by atoms with Crippen molar-refractivity contribution in [2.75, 3.05) is 19.8 Å². The summed E-state index contributed by atoms with van der Waals surface area (Å²) in [5, 5.41) is 13.5. The molecule has 2 rings (SSSR count). The highest BCUT2D eigenvalue weighted by atomic mass is 16.3. The van der Waals surface area contributed by atoms with Gasteiger partial charge in [0, 0.05) is 25.5 Å². The zero-order valence-corrected chi connectivity index (χ0v) is 6.93. The molecule has 2 heterocycles. The highest BCUT2D eigenvalue weighted by Crippen LogP contribution is 2.12. The van der Waals surface area contributed by atoms with Crippen molar-refractivity contribution in [2.24, 2.45) is 4.99 Å². The normalized spacial score (nSPS) is 30.1. The Kier molecular flexibility index (Phi) is 2.10. The van der Waals surface area contributed by atoms with Gasteiger partial charge in [0.15, 0.2) is 0 Å². The van der Waals surface area contributed by atoms with Crippen molar-refractivity contribution in [3.63, 3.8) is 0 Å². The molecule has 2 aliphatic heterocycles. The SMILES string of the molecule is OC1CCN(N2C=CC=NC2)C1. The molecular weight excluding hydrogens is 154 g/mol. The number of allylic oxidation sites excluding steroid dienone is 1. The van der Waals surface area contributed by atoms with Gasteiger partial charge in [0.2, 0.25) is 0 Å². The third-order valence-corrected chi connectivity index (χ3v) is 2.18. The van der Waals surface area contributed by atoms with Crippen LogP contribution in [0, 0.1) is 0 Å². The standard InChI is InChI=1S/C8H13N3O/c12-8-2-5-10(6-8)11-4-1-3-9-7-11/h1,3-4,8,12H,2,5-7H2. The van der Waals surface area contributed by atoms with Crippen LogP contribution in [0.5, 0.6) is 0 Å². The molecule has 0 radical (unpaired) electrons. The van der Waals surface area contributed by atoms with Crippen LogP contribution in [0.4, 0.5) is 0 Å². The van der Waals surface area contributed by atoms with Gasteiger partial charge < -0.3 is 5.11 Å². The van der Waals surface area contributed by atoms with Gasteiger partial charge >= 0.3 is 0 Å². The van der Waals surface area contributed by atoms with Crippen LogP contribution >= 0.6 is 0 Å². The molecule has 0 spiro atoms. The molecular formula is C8H13N3O. The summed E-state index contributed by atoms with van der Waals surface area (Å²) in [5.74, 6) is 0. The lowest BCUT2D eigenvalue weighted by molar-refractivity contribution is 0.0353. The molecule has 4 nitrogen and oxygen atoms in total. The quantitative estimate of drug-likeness (QED) is 0.589. The number of aliphatic imine (C=N–C) groups is 1. The van der Waals surface area contributed by atoms with Crippen LogP contribution in [-0.4, -0.2) is 47.2 Å². The second-order valence-corrected chi connectivity index (χ2v) is 3.11. The second kappa shape index (κ2) is 3.25. The van der Waals surface area contributed by atoms with E-state index >= 15 is 0 Å². The fourth-order valence-corrected chi connectivity index (χ4v) is 1.52. The van der Waals surface area contributed by atoms with Crippen molar-refractivity contribution in [2.45, 2.75) is 12.5 Å². The topological polar surface area (TPSA) is 39.1 Å². The zero-order valence-electron chi connectivity index (χ0n) is 6.93. The number of aliphatic hydroxyl groups is 1. The first-order chi connectivity index (χ1) is 5.86. The lowest BCUT2D eigenvalue weighted by atomic mass is 10.3. The molecule has 0 amide bonds. The molecule has 66 valence electrons. The molecule has 1 atom stereocenters. The van der Waals surface area contributed by atoms with Crippen LogP contribution in [0.3, 0.4) is 0 Å². The summed E-state index contributed by atoms with van der Waals surface area (Å²) in [6, 6.07) is 0. The van der Waals surface area contributed by atoms with E-state index in [-0.39, 0.29) is 6.10 Å². The molecule has 0 aromatic carbocycles. The molecule has 0 bridgehead atoms. The fourth-order valence-electron chi connectivity index (χ4n) is 1.52. The highest BCUT2D eigenvalue weighted by Gasteiger charge is 2.23. The Labute approximate surface area is 71.8 Å². The lowest BCUT2D eigenvalue weighted by Gasteiger charge is -2.29. The van der Waals surface area contributed by atoms with Crippen molar-refractivity contribution in [3.8, 4) is 0 Å². The smallest absolute Gasteiger partial charge is 0.124 e. The largest absolute Gasteiger partial charge is 0.392 e. The maximum Gasteiger partial charge on any atom is 0.124 e. The molecule has 12 heavy (non-hydrogen) atoms. The van der Waals surface area contributed by atoms with E-state index in [4.69, 9.17) is 0 Å². The predicted octanol–water partition coefficient (Wildman–Crippen LogP) is -0.174. The monoisotopic (exact) mass is 167 g/mol. The maximum absolute atomic E-state index is 9.30. The Morgan fingerprint density at radius 3 is 3.00 bits per heavy atom. The summed E-state index contributed by atoms with van der Waals surface area (Å²) in [7, 11) is 0. The summed E-state index contributed by atoms with van der Waals surface area (Å²) >= 11 is 0. The van der Waals surface area contributed by atoms with Gasteiger partial charge in [-0.25, -0.2) is 5.01 Å². The van der Waals surface area contributed by atoms with E-state index in [1.54, 1.807) is 6.21 Å². The molecule has 0 saturated carbocycles. The Bertz CT molecular complexity index is 214. The number of rotatable bonds is 1. The van der Waals surface area contributed by atoms with E-state index in [1.165, 1.54) is 0 Å². The molecule has 1 saturated heterocycles. The van der Waals surface area contributed by atoms with Crippen molar-refractivity contribution < 1.29 is 5.11 Å². The fraction of sp³-hybridized carbons (Fsp3) is 0.625. The minimum Gasteiger partial charge on any atom is -0.392 e. The summed E-state index contributed by atoms with van der Waals surface area (Å²) in [6.45, 7) is 2.35. The van der Waals surface area contributed by atoms with E-state index in [2.05, 4.69) is 10.0 Å². The summed E-state index contributed by atoms with van der Waals surface area (Å²) in [4.78, 5) is 4.12. The van der Waals surface area contributed by atoms with Gasteiger partial charge in [-0.3, -0.25) is 10.0 Å². The summed E-state index contributed by atoms with van der Waals surface area (Å²) in [6.07, 6.45) is 6.40. The van der Waals surface area contributed by atoms with Crippen molar-refractivity contribution in [3.05, 3.63) is 12.3 Å². The molecule has 1 N–H and O–H groups in total. The second-order valence-electron chi connectivity index (χ2n) is 3.11. The highest BCUT2D eigenvalue weighted by molar-refractivity contribution is 5.71. The molecule has 0 aromatic heterocycles. The average molecular weight is 167 g/mol. The number of hydrogen-bond acceptors (Lipinski definition) is 4. The molecule has 1 unspecified atom stereocenters. The minimum atomic E-state index is -0.163. The summed E-state index contributed by atoms with van der Waals surface area (Å²) in [5.41, 5.74) is 0. The van der Waals surface area contributed by atoms with E-state index in [0.717, 1.165) is 19.5 Å². The molecule has 4 heteroatoms. The van der Waals surface area contributed by atoms with E-state index in [9.17, 15) is 5.11 Å². The van der Waals surface area contributed by atoms with Gasteiger partial charge in [0.05, 0.1) is 6.10 Å². The first kappa shape index (κ1) is 7.76. The number of aliphatic hydroxyl groups excluding tert-OH is 1. The van der Waals surface area contributed by atoms with Gasteiger partial charge in [0.1, 0.15) is 6.67 Å². The first-order valence-corrected chi connectivity index (χ1v) is 4.22. The van der Waals surface area contributed by atoms with Crippen LogP contribution in [-0.2, 0) is 0 Å². The molecule has 0 aliphatic carbocycles. The van der Waals surface area contributed by atoms with E-state index in [0.29, 0.717) is 6.67 Å². The summed E-state index contributed by atoms with van der Waals surface area (Å²) < 4.78 is 0. The number of nitrogens with zero attached hydrogens (tertiary/aromatic N) is 3. The van der Waals surface area contributed by atoms with Gasteiger partial charge in [-0.05, 0) is 12.5 Å². The van der Waals surface area contributed by atoms with E-state index < -0.39 is 0 Å². The van der Waals surface area contributed by atoms with Crippen molar-refractivity contribution >= 4 is 6.21 Å². The van der Waals surface area contributed by atoms with Gasteiger partial charge in [0.25, 0.3) is 0 Å². The van der Waals surface area contributed by atoms with Gasteiger partial charge in [-0.15, -0.1) is 0 Å². The molecule has 0 aromatic rings. The molecule has 2 aliphatic rings. The van der Waals surface area contributed by atoms with Crippen molar-refractivity contribution in [1.82, 2.24) is 10.0 Å². The maximum atomic E-state index is 9.30.